The molecule has 0 spiro atoms. The summed E-state index contributed by atoms with van der Waals surface area (Å²) >= 11 is 7.40. The highest BCUT2D eigenvalue weighted by molar-refractivity contribution is 8.13. The van der Waals surface area contributed by atoms with Gasteiger partial charge in [0.15, 0.2) is 5.09 Å². The molecule has 1 aliphatic rings. The number of rotatable bonds is 3. The molecule has 1 aromatic heterocycles. The maximum atomic E-state index is 13.0. The number of thioether (sulfide) groups is 1. The Bertz CT molecular complexity index is 737. The zero-order valence-electron chi connectivity index (χ0n) is 12.0. The molecule has 3 rings (SSSR count). The van der Waals surface area contributed by atoms with E-state index in [4.69, 9.17) is 16.0 Å². The van der Waals surface area contributed by atoms with E-state index in [-0.39, 0.29) is 5.82 Å². The van der Waals surface area contributed by atoms with Crippen LogP contribution in [0.1, 0.15) is 25.5 Å². The van der Waals surface area contributed by atoms with Crippen molar-refractivity contribution in [3.8, 4) is 11.5 Å². The number of halogens is 2. The lowest BCUT2D eigenvalue weighted by Gasteiger charge is -2.07. The van der Waals surface area contributed by atoms with Crippen molar-refractivity contribution in [1.29, 1.82) is 0 Å². The van der Waals surface area contributed by atoms with Gasteiger partial charge >= 0.3 is 0 Å². The van der Waals surface area contributed by atoms with Crippen molar-refractivity contribution < 1.29 is 8.81 Å². The first kappa shape index (κ1) is 15.3. The van der Waals surface area contributed by atoms with E-state index in [0.29, 0.717) is 5.89 Å². The number of allylic oxidation sites excluding steroid dienone is 1. The summed E-state index contributed by atoms with van der Waals surface area (Å²) in [6, 6.07) is 6.12. The van der Waals surface area contributed by atoms with Crippen LogP contribution in [0.3, 0.4) is 0 Å². The highest BCUT2D eigenvalue weighted by Crippen LogP contribution is 2.33. The van der Waals surface area contributed by atoms with Crippen molar-refractivity contribution in [2.75, 3.05) is 0 Å². The Morgan fingerprint density at radius 2 is 2.05 bits per heavy atom. The quantitative estimate of drug-likeness (QED) is 0.752. The summed E-state index contributed by atoms with van der Waals surface area (Å²) in [6.07, 6.45) is 4.04. The van der Waals surface area contributed by atoms with Crippen LogP contribution in [-0.4, -0.2) is 10.0 Å². The number of aryl methyl sites for hydroxylation is 1. The fraction of sp³-hybridized carbons (Fsp3) is 0.250. The number of benzene rings is 1. The first-order chi connectivity index (χ1) is 10.7. The molecule has 0 saturated heterocycles. The fourth-order valence-electron chi connectivity index (χ4n) is 2.04. The molecule has 3 nitrogen and oxygen atoms in total. The summed E-state index contributed by atoms with van der Waals surface area (Å²) in [5, 5.41) is 2.47. The number of oxazole rings is 1. The van der Waals surface area contributed by atoms with Crippen LogP contribution in [-0.2, 0) is 6.42 Å². The molecule has 22 heavy (non-hydrogen) atoms. The van der Waals surface area contributed by atoms with Crippen molar-refractivity contribution in [2.24, 2.45) is 4.99 Å². The minimum atomic E-state index is -0.277. The van der Waals surface area contributed by atoms with Crippen LogP contribution in [0, 0.1) is 5.82 Å². The molecule has 6 heteroatoms. The molecule has 2 aromatic rings. The first-order valence-electron chi connectivity index (χ1n) is 7.00. The van der Waals surface area contributed by atoms with Gasteiger partial charge in [-0.2, -0.15) is 0 Å². The van der Waals surface area contributed by atoms with Crippen molar-refractivity contribution in [1.82, 2.24) is 4.98 Å². The summed E-state index contributed by atoms with van der Waals surface area (Å²) in [5.41, 5.74) is 1.64. The van der Waals surface area contributed by atoms with E-state index < -0.39 is 0 Å². The van der Waals surface area contributed by atoms with Crippen LogP contribution >= 0.6 is 23.4 Å². The molecule has 0 N–H and O–H groups in total. The maximum absolute atomic E-state index is 13.0. The topological polar surface area (TPSA) is 38.4 Å². The lowest BCUT2D eigenvalue weighted by Crippen LogP contribution is -1.97. The monoisotopic (exact) mass is 336 g/mol. The van der Waals surface area contributed by atoms with Crippen LogP contribution in [0.2, 0.25) is 0 Å². The van der Waals surface area contributed by atoms with Gasteiger partial charge in [0, 0.05) is 23.2 Å². The third-order valence-electron chi connectivity index (χ3n) is 3.22. The minimum absolute atomic E-state index is 0.277. The Morgan fingerprint density at radius 1 is 1.27 bits per heavy atom. The normalized spacial score (nSPS) is 14.7. The fourth-order valence-corrected chi connectivity index (χ4v) is 3.13. The van der Waals surface area contributed by atoms with Gasteiger partial charge in [-0.3, -0.25) is 4.99 Å². The maximum Gasteiger partial charge on any atom is 0.227 e. The average molecular weight is 337 g/mol. The summed E-state index contributed by atoms with van der Waals surface area (Å²) in [7, 11) is 0. The van der Waals surface area contributed by atoms with Crippen LogP contribution in [0.4, 0.5) is 4.39 Å². The Balaban J connectivity index is 1.87. The molecule has 0 saturated carbocycles. The SMILES string of the molecule is CCc1nc(-c2ccc(F)cc2)oc1SC1=NC=C(Cl)CC1. The molecule has 1 aromatic carbocycles. The van der Waals surface area contributed by atoms with E-state index >= 15 is 0 Å². The van der Waals surface area contributed by atoms with Gasteiger partial charge in [0.1, 0.15) is 5.82 Å². The Labute approximate surface area is 137 Å². The van der Waals surface area contributed by atoms with Crippen LogP contribution < -0.4 is 0 Å². The van der Waals surface area contributed by atoms with E-state index in [9.17, 15) is 4.39 Å². The standard InChI is InChI=1S/C16H14ClFN2OS/c1-2-13-16(22-14-8-5-11(17)9-19-14)21-15(20-13)10-3-6-12(18)7-4-10/h3-4,6-7,9H,2,5,8H2,1H3. The van der Waals surface area contributed by atoms with Gasteiger partial charge in [0.25, 0.3) is 0 Å². The molecule has 0 fully saturated rings. The van der Waals surface area contributed by atoms with E-state index in [0.717, 1.165) is 45.7 Å². The van der Waals surface area contributed by atoms with E-state index in [1.54, 1.807) is 18.3 Å². The zero-order valence-corrected chi connectivity index (χ0v) is 13.5. The molecule has 0 bridgehead atoms. The van der Waals surface area contributed by atoms with Crippen LogP contribution in [0.25, 0.3) is 11.5 Å². The van der Waals surface area contributed by atoms with E-state index in [1.165, 1.54) is 23.9 Å². The molecule has 0 radical (unpaired) electrons. The van der Waals surface area contributed by atoms with E-state index in [1.807, 2.05) is 6.92 Å². The summed E-state index contributed by atoms with van der Waals surface area (Å²) in [5.74, 6) is 0.227. The molecule has 0 aliphatic carbocycles. The largest absolute Gasteiger partial charge is 0.429 e. The Hall–Kier alpha value is -1.59. The minimum Gasteiger partial charge on any atom is -0.429 e. The van der Waals surface area contributed by atoms with Gasteiger partial charge in [-0.25, -0.2) is 9.37 Å². The van der Waals surface area contributed by atoms with Gasteiger partial charge in [0.05, 0.1) is 10.7 Å². The van der Waals surface area contributed by atoms with Gasteiger partial charge in [-0.1, -0.05) is 18.5 Å². The highest BCUT2D eigenvalue weighted by atomic mass is 35.5. The third kappa shape index (κ3) is 3.42. The Morgan fingerprint density at radius 3 is 2.68 bits per heavy atom. The summed E-state index contributed by atoms with van der Waals surface area (Å²) in [4.78, 5) is 8.83. The second-order valence-corrected chi connectivity index (χ2v) is 6.35. The number of hydrogen-bond donors (Lipinski definition) is 0. The third-order valence-corrected chi connectivity index (χ3v) is 4.56. The van der Waals surface area contributed by atoms with Crippen molar-refractivity contribution in [3.63, 3.8) is 0 Å². The second kappa shape index (κ2) is 6.67. The van der Waals surface area contributed by atoms with Crippen molar-refractivity contribution >= 4 is 28.4 Å². The molecule has 0 unspecified atom stereocenters. The van der Waals surface area contributed by atoms with Crippen LogP contribution in [0.5, 0.6) is 0 Å². The average Bonchev–Trinajstić information content (AvgIpc) is 2.93. The molecule has 0 amide bonds. The lowest BCUT2D eigenvalue weighted by atomic mass is 10.2. The molecule has 0 atom stereocenters. The van der Waals surface area contributed by atoms with Crippen molar-refractivity contribution in [3.05, 3.63) is 47.0 Å². The predicted molar refractivity (Wildman–Crippen MR) is 87.7 cm³/mol. The van der Waals surface area contributed by atoms with E-state index in [2.05, 4.69) is 9.98 Å². The highest BCUT2D eigenvalue weighted by Gasteiger charge is 2.17. The number of aromatic nitrogens is 1. The predicted octanol–water partition coefficient (Wildman–Crippen LogP) is 5.41. The molecule has 114 valence electrons. The number of hydrogen-bond acceptors (Lipinski definition) is 4. The smallest absolute Gasteiger partial charge is 0.227 e. The molecular weight excluding hydrogens is 323 g/mol. The van der Waals surface area contributed by atoms with Crippen LogP contribution in [0.15, 0.2) is 50.0 Å². The summed E-state index contributed by atoms with van der Waals surface area (Å²) < 4.78 is 18.9. The molecule has 1 aliphatic heterocycles. The van der Waals surface area contributed by atoms with Gasteiger partial charge < -0.3 is 4.42 Å². The van der Waals surface area contributed by atoms with Gasteiger partial charge in [-0.05, 0) is 48.9 Å². The number of nitrogens with zero attached hydrogens (tertiary/aromatic N) is 2. The van der Waals surface area contributed by atoms with Gasteiger partial charge in [0.2, 0.25) is 5.89 Å². The lowest BCUT2D eigenvalue weighted by molar-refractivity contribution is 0.480. The first-order valence-corrected chi connectivity index (χ1v) is 8.20. The zero-order chi connectivity index (χ0) is 15.5. The molecular formula is C16H14ClFN2OS. The Kier molecular flexibility index (Phi) is 4.64. The van der Waals surface area contributed by atoms with Crippen molar-refractivity contribution in [2.45, 2.75) is 31.3 Å². The summed E-state index contributed by atoms with van der Waals surface area (Å²) in [6.45, 7) is 2.02. The van der Waals surface area contributed by atoms with Gasteiger partial charge in [-0.15, -0.1) is 0 Å². The second-order valence-electron chi connectivity index (χ2n) is 4.81. The number of aliphatic imine (C=N–C) groups is 1. The molecule has 2 heterocycles.